The van der Waals surface area contributed by atoms with Crippen molar-refractivity contribution in [2.75, 3.05) is 5.32 Å². The first-order valence-corrected chi connectivity index (χ1v) is 8.67. The average Bonchev–Trinajstić information content (AvgIpc) is 2.69. The second-order valence-electron chi connectivity index (χ2n) is 6.38. The molecule has 1 aliphatic rings. The second kappa shape index (κ2) is 6.92. The molecule has 0 atom stereocenters. The molecule has 0 unspecified atom stereocenters. The van der Waals surface area contributed by atoms with Crippen molar-refractivity contribution in [3.8, 4) is 0 Å². The third-order valence-electron chi connectivity index (χ3n) is 4.54. The van der Waals surface area contributed by atoms with Gasteiger partial charge < -0.3 is 5.32 Å². The van der Waals surface area contributed by atoms with Crippen LogP contribution in [0.4, 0.5) is 11.4 Å². The van der Waals surface area contributed by atoms with Crippen molar-refractivity contribution < 1.29 is 0 Å². The summed E-state index contributed by atoms with van der Waals surface area (Å²) in [5, 5.41) is 3.42. The molecule has 0 bridgehead atoms. The quantitative estimate of drug-likeness (QED) is 0.689. The van der Waals surface area contributed by atoms with Crippen molar-refractivity contribution in [1.29, 1.82) is 0 Å². The van der Waals surface area contributed by atoms with Gasteiger partial charge in [0.2, 0.25) is 0 Å². The number of aromatic nitrogens is 1. The van der Waals surface area contributed by atoms with E-state index < -0.39 is 0 Å². The minimum atomic E-state index is 0.658. The van der Waals surface area contributed by atoms with Gasteiger partial charge >= 0.3 is 0 Å². The number of amidine groups is 1. The molecule has 2 aromatic carbocycles. The summed E-state index contributed by atoms with van der Waals surface area (Å²) in [6.45, 7) is 4.79. The third kappa shape index (κ3) is 3.26. The number of para-hydroxylation sites is 1. The van der Waals surface area contributed by atoms with E-state index in [0.717, 1.165) is 34.0 Å². The number of nitrogens with zero attached hydrogens (tertiary/aromatic N) is 3. The van der Waals surface area contributed by atoms with Crippen LogP contribution in [-0.4, -0.2) is 16.5 Å². The Morgan fingerprint density at radius 2 is 1.85 bits per heavy atom. The number of hydrogen-bond acceptors (Lipinski definition) is 4. The molecular formula is C22H20N4. The van der Waals surface area contributed by atoms with E-state index in [4.69, 9.17) is 4.99 Å². The molecule has 128 valence electrons. The van der Waals surface area contributed by atoms with Crippen LogP contribution >= 0.6 is 0 Å². The van der Waals surface area contributed by atoms with Crippen LogP contribution in [-0.2, 0) is 6.54 Å². The van der Waals surface area contributed by atoms with Crippen LogP contribution in [0.2, 0.25) is 0 Å². The molecule has 1 aliphatic heterocycles. The molecule has 2 heterocycles. The monoisotopic (exact) mass is 340 g/mol. The Morgan fingerprint density at radius 3 is 2.65 bits per heavy atom. The highest BCUT2D eigenvalue weighted by molar-refractivity contribution is 6.10. The molecule has 4 nitrogen and oxygen atoms in total. The van der Waals surface area contributed by atoms with Gasteiger partial charge in [-0.25, -0.2) is 0 Å². The van der Waals surface area contributed by atoms with Crippen molar-refractivity contribution in [2.45, 2.75) is 20.4 Å². The van der Waals surface area contributed by atoms with Crippen LogP contribution in [0, 0.1) is 6.92 Å². The number of aryl methyl sites for hydroxylation is 1. The fraction of sp³-hybridized carbons (Fsp3) is 0.136. The molecule has 0 amide bonds. The fourth-order valence-corrected chi connectivity index (χ4v) is 3.01. The Kier molecular flexibility index (Phi) is 4.32. The van der Waals surface area contributed by atoms with E-state index in [1.54, 1.807) is 12.4 Å². The third-order valence-corrected chi connectivity index (χ3v) is 4.54. The van der Waals surface area contributed by atoms with Crippen molar-refractivity contribution in [2.24, 2.45) is 9.98 Å². The lowest BCUT2D eigenvalue weighted by atomic mass is 10.0. The Morgan fingerprint density at radius 1 is 1.04 bits per heavy atom. The average molecular weight is 340 g/mol. The highest BCUT2D eigenvalue weighted by Crippen LogP contribution is 2.25. The SMILES string of the molecule is CC(=Nc1ccccc1C)c1ccc2c(c1)CN=C(c1ccncc1)N2. The molecule has 0 radical (unpaired) electrons. The highest BCUT2D eigenvalue weighted by Gasteiger charge is 2.14. The van der Waals surface area contributed by atoms with Gasteiger partial charge in [-0.2, -0.15) is 0 Å². The number of hydrogen-bond donors (Lipinski definition) is 1. The van der Waals surface area contributed by atoms with Crippen LogP contribution in [0.5, 0.6) is 0 Å². The first-order valence-electron chi connectivity index (χ1n) is 8.67. The highest BCUT2D eigenvalue weighted by atomic mass is 15.0. The first kappa shape index (κ1) is 16.2. The lowest BCUT2D eigenvalue weighted by molar-refractivity contribution is 1.05. The Hall–Kier alpha value is -3.27. The topological polar surface area (TPSA) is 49.6 Å². The lowest BCUT2D eigenvalue weighted by Crippen LogP contribution is -2.19. The van der Waals surface area contributed by atoms with Crippen molar-refractivity contribution in [1.82, 2.24) is 4.98 Å². The molecule has 1 N–H and O–H groups in total. The summed E-state index contributed by atoms with van der Waals surface area (Å²) in [7, 11) is 0. The summed E-state index contributed by atoms with van der Waals surface area (Å²) in [4.78, 5) is 13.5. The van der Waals surface area contributed by atoms with Crippen LogP contribution in [0.15, 0.2) is 77.0 Å². The summed E-state index contributed by atoms with van der Waals surface area (Å²) >= 11 is 0. The number of benzene rings is 2. The van der Waals surface area contributed by atoms with Gasteiger partial charge in [-0.15, -0.1) is 0 Å². The number of anilines is 1. The summed E-state index contributed by atoms with van der Waals surface area (Å²) in [5.41, 5.74) is 7.64. The van der Waals surface area contributed by atoms with Crippen LogP contribution < -0.4 is 5.32 Å². The van der Waals surface area contributed by atoms with Gasteiger partial charge in [0.1, 0.15) is 5.84 Å². The number of pyridine rings is 1. The van der Waals surface area contributed by atoms with E-state index in [2.05, 4.69) is 53.4 Å². The molecule has 0 aliphatic carbocycles. The molecule has 26 heavy (non-hydrogen) atoms. The summed E-state index contributed by atoms with van der Waals surface area (Å²) in [5.74, 6) is 0.887. The molecule has 4 rings (SSSR count). The van der Waals surface area contributed by atoms with E-state index >= 15 is 0 Å². The number of aliphatic imine (C=N–C) groups is 2. The van der Waals surface area contributed by atoms with Gasteiger partial charge in [0.05, 0.1) is 12.2 Å². The maximum absolute atomic E-state index is 4.79. The lowest BCUT2D eigenvalue weighted by Gasteiger charge is -2.19. The molecule has 1 aromatic heterocycles. The standard InChI is InChI=1S/C22H20N4/c1-15-5-3-4-6-20(15)25-16(2)18-7-8-21-19(13-18)14-24-22(26-21)17-9-11-23-12-10-17/h3-13H,14H2,1-2H3,(H,24,26). The predicted octanol–water partition coefficient (Wildman–Crippen LogP) is 4.90. The van der Waals surface area contributed by atoms with Crippen LogP contribution in [0.1, 0.15) is 29.2 Å². The maximum Gasteiger partial charge on any atom is 0.133 e. The van der Waals surface area contributed by atoms with E-state index in [9.17, 15) is 0 Å². The number of rotatable bonds is 3. The van der Waals surface area contributed by atoms with Gasteiger partial charge in [-0.05, 0) is 60.9 Å². The smallest absolute Gasteiger partial charge is 0.133 e. The fourth-order valence-electron chi connectivity index (χ4n) is 3.01. The summed E-state index contributed by atoms with van der Waals surface area (Å²) in [6, 6.07) is 18.5. The van der Waals surface area contributed by atoms with Gasteiger partial charge in [-0.1, -0.05) is 24.3 Å². The van der Waals surface area contributed by atoms with Crippen LogP contribution in [0.25, 0.3) is 0 Å². The summed E-state index contributed by atoms with van der Waals surface area (Å²) in [6.07, 6.45) is 3.56. The first-order chi connectivity index (χ1) is 12.7. The van der Waals surface area contributed by atoms with Crippen molar-refractivity contribution in [3.05, 3.63) is 89.2 Å². The largest absolute Gasteiger partial charge is 0.340 e. The normalized spacial score (nSPS) is 13.6. The van der Waals surface area contributed by atoms with E-state index in [1.807, 2.05) is 30.3 Å². The van der Waals surface area contributed by atoms with E-state index in [0.29, 0.717) is 6.54 Å². The van der Waals surface area contributed by atoms with Gasteiger partial charge in [0, 0.05) is 29.4 Å². The molecule has 0 saturated carbocycles. The van der Waals surface area contributed by atoms with Crippen molar-refractivity contribution >= 4 is 22.9 Å². The molecule has 0 fully saturated rings. The molecule has 3 aromatic rings. The molecule has 4 heteroatoms. The zero-order valence-corrected chi connectivity index (χ0v) is 14.9. The molecule has 0 spiro atoms. The minimum Gasteiger partial charge on any atom is -0.340 e. The van der Waals surface area contributed by atoms with Crippen LogP contribution in [0.3, 0.4) is 0 Å². The maximum atomic E-state index is 4.79. The Labute approximate surface area is 153 Å². The minimum absolute atomic E-state index is 0.658. The molecular weight excluding hydrogens is 320 g/mol. The zero-order valence-electron chi connectivity index (χ0n) is 14.9. The number of nitrogens with one attached hydrogen (secondary N) is 1. The predicted molar refractivity (Wildman–Crippen MR) is 108 cm³/mol. The Bertz CT molecular complexity index is 1000. The van der Waals surface area contributed by atoms with E-state index in [-0.39, 0.29) is 0 Å². The van der Waals surface area contributed by atoms with Crippen molar-refractivity contribution in [3.63, 3.8) is 0 Å². The van der Waals surface area contributed by atoms with Gasteiger partial charge in [-0.3, -0.25) is 15.0 Å². The molecule has 0 saturated heterocycles. The van der Waals surface area contributed by atoms with Gasteiger partial charge in [0.25, 0.3) is 0 Å². The Balaban J connectivity index is 1.60. The van der Waals surface area contributed by atoms with E-state index in [1.165, 1.54) is 11.1 Å². The second-order valence-corrected chi connectivity index (χ2v) is 6.38. The summed E-state index contributed by atoms with van der Waals surface area (Å²) < 4.78 is 0. The number of fused-ring (bicyclic) bond motifs is 1. The zero-order chi connectivity index (χ0) is 17.9. The van der Waals surface area contributed by atoms with Gasteiger partial charge in [0.15, 0.2) is 0 Å².